The summed E-state index contributed by atoms with van der Waals surface area (Å²) in [6.07, 6.45) is 4.20. The fourth-order valence-corrected chi connectivity index (χ4v) is 2.62. The van der Waals surface area contributed by atoms with Crippen molar-refractivity contribution in [2.24, 2.45) is 5.92 Å². The van der Waals surface area contributed by atoms with Gasteiger partial charge in [0.1, 0.15) is 0 Å². The molecule has 1 aromatic rings. The predicted octanol–water partition coefficient (Wildman–Crippen LogP) is 1.71. The fraction of sp³-hybridized carbons (Fsp3) is 0.412. The molecule has 7 nitrogen and oxygen atoms in total. The van der Waals surface area contributed by atoms with Gasteiger partial charge in [0.15, 0.2) is 11.5 Å². The van der Waals surface area contributed by atoms with Crippen LogP contribution >= 0.6 is 0 Å². The number of carbonyl (C=O) groups excluding carboxylic acids is 1. The summed E-state index contributed by atoms with van der Waals surface area (Å²) >= 11 is 0. The fourth-order valence-electron chi connectivity index (χ4n) is 2.62. The van der Waals surface area contributed by atoms with Crippen molar-refractivity contribution < 1.29 is 28.9 Å². The van der Waals surface area contributed by atoms with E-state index in [1.54, 1.807) is 18.2 Å². The van der Waals surface area contributed by atoms with Crippen LogP contribution in [-0.2, 0) is 9.59 Å². The Balaban J connectivity index is 2.11. The number of amides is 1. The van der Waals surface area contributed by atoms with Crippen LogP contribution in [0, 0.1) is 5.92 Å². The molecule has 0 aliphatic heterocycles. The summed E-state index contributed by atoms with van der Waals surface area (Å²) in [6.45, 7) is 0. The molecule has 0 spiro atoms. The molecule has 2 N–H and O–H groups in total. The summed E-state index contributed by atoms with van der Waals surface area (Å²) < 4.78 is 15.8. The number of hydrogen-bond acceptors (Lipinski definition) is 5. The zero-order chi connectivity index (χ0) is 17.7. The molecule has 130 valence electrons. The summed E-state index contributed by atoms with van der Waals surface area (Å²) in [5, 5.41) is 11.7. The van der Waals surface area contributed by atoms with Crippen molar-refractivity contribution in [1.29, 1.82) is 0 Å². The summed E-state index contributed by atoms with van der Waals surface area (Å²) in [5.74, 6) is -0.312. The molecule has 2 atom stereocenters. The maximum atomic E-state index is 12.0. The number of nitrogens with one attached hydrogen (secondary N) is 1. The average Bonchev–Trinajstić information content (AvgIpc) is 2.54. The first-order chi connectivity index (χ1) is 11.5. The van der Waals surface area contributed by atoms with Gasteiger partial charge in [0, 0.05) is 17.7 Å². The smallest absolute Gasteiger partial charge is 0.308 e. The Labute approximate surface area is 140 Å². The van der Waals surface area contributed by atoms with Gasteiger partial charge in [-0.05, 0) is 31.1 Å². The van der Waals surface area contributed by atoms with Crippen LogP contribution in [-0.4, -0.2) is 44.4 Å². The van der Waals surface area contributed by atoms with Crippen LogP contribution in [0.15, 0.2) is 18.2 Å². The topological polar surface area (TPSA) is 94.1 Å². The highest BCUT2D eigenvalue weighted by Crippen LogP contribution is 2.40. The van der Waals surface area contributed by atoms with Crippen LogP contribution in [0.3, 0.4) is 0 Å². The van der Waals surface area contributed by atoms with E-state index in [0.717, 1.165) is 0 Å². The highest BCUT2D eigenvalue weighted by Gasteiger charge is 2.37. The van der Waals surface area contributed by atoms with Gasteiger partial charge in [-0.3, -0.25) is 9.59 Å². The Kier molecular flexibility index (Phi) is 5.68. The van der Waals surface area contributed by atoms with Gasteiger partial charge in [-0.25, -0.2) is 0 Å². The lowest BCUT2D eigenvalue weighted by atomic mass is 9.79. The van der Waals surface area contributed by atoms with Crippen molar-refractivity contribution in [3.63, 3.8) is 0 Å². The molecule has 0 heterocycles. The minimum absolute atomic E-state index is 0.313. The monoisotopic (exact) mass is 335 g/mol. The first-order valence-electron chi connectivity index (χ1n) is 7.52. The van der Waals surface area contributed by atoms with Gasteiger partial charge < -0.3 is 24.6 Å². The van der Waals surface area contributed by atoms with E-state index in [2.05, 4.69) is 5.32 Å². The number of hydrogen-bond donors (Lipinski definition) is 2. The SMILES string of the molecule is COc1ccc(C=CC(=O)NC2CCC2C(=O)O)c(OC)c1OC. The van der Waals surface area contributed by atoms with Crippen molar-refractivity contribution in [3.8, 4) is 17.2 Å². The molecule has 0 bridgehead atoms. The van der Waals surface area contributed by atoms with E-state index in [-0.39, 0.29) is 11.9 Å². The van der Waals surface area contributed by atoms with E-state index in [0.29, 0.717) is 35.7 Å². The van der Waals surface area contributed by atoms with E-state index in [4.69, 9.17) is 19.3 Å². The van der Waals surface area contributed by atoms with Gasteiger partial charge in [0.25, 0.3) is 0 Å². The number of aliphatic carboxylic acids is 1. The van der Waals surface area contributed by atoms with Crippen LogP contribution in [0.4, 0.5) is 0 Å². The van der Waals surface area contributed by atoms with E-state index in [1.807, 2.05) is 0 Å². The maximum Gasteiger partial charge on any atom is 0.308 e. The predicted molar refractivity (Wildman–Crippen MR) is 87.4 cm³/mol. The summed E-state index contributed by atoms with van der Waals surface area (Å²) in [7, 11) is 4.53. The Hall–Kier alpha value is -2.70. The standard InChI is InChI=1S/C17H21NO6/c1-22-13-8-4-10(15(23-2)16(13)24-3)5-9-14(19)18-12-7-6-11(12)17(20)21/h4-5,8-9,11-12H,6-7H2,1-3H3,(H,18,19)(H,20,21). The molecule has 2 rings (SSSR count). The minimum atomic E-state index is -0.878. The van der Waals surface area contributed by atoms with Crippen molar-refractivity contribution >= 4 is 18.0 Å². The lowest BCUT2D eigenvalue weighted by molar-refractivity contribution is -0.146. The molecule has 1 amide bonds. The van der Waals surface area contributed by atoms with Gasteiger partial charge in [-0.1, -0.05) is 0 Å². The molecule has 24 heavy (non-hydrogen) atoms. The molecule has 1 aliphatic carbocycles. The third kappa shape index (κ3) is 3.61. The van der Waals surface area contributed by atoms with Gasteiger partial charge in [-0.15, -0.1) is 0 Å². The summed E-state index contributed by atoms with van der Waals surface area (Å²) in [5.41, 5.74) is 0.647. The van der Waals surface area contributed by atoms with Crippen molar-refractivity contribution in [2.45, 2.75) is 18.9 Å². The van der Waals surface area contributed by atoms with Crippen LogP contribution in [0.25, 0.3) is 6.08 Å². The lowest BCUT2D eigenvalue weighted by Gasteiger charge is -2.33. The highest BCUT2D eigenvalue weighted by molar-refractivity contribution is 5.93. The zero-order valence-corrected chi connectivity index (χ0v) is 13.9. The zero-order valence-electron chi connectivity index (χ0n) is 13.9. The molecule has 1 fully saturated rings. The average molecular weight is 335 g/mol. The Bertz CT molecular complexity index is 655. The number of methoxy groups -OCH3 is 3. The van der Waals surface area contributed by atoms with Crippen LogP contribution in [0.2, 0.25) is 0 Å². The van der Waals surface area contributed by atoms with Crippen LogP contribution < -0.4 is 19.5 Å². The molecule has 1 aliphatic rings. The first-order valence-corrected chi connectivity index (χ1v) is 7.52. The largest absolute Gasteiger partial charge is 0.493 e. The van der Waals surface area contributed by atoms with E-state index >= 15 is 0 Å². The maximum absolute atomic E-state index is 12.0. The van der Waals surface area contributed by atoms with Gasteiger partial charge in [0.2, 0.25) is 11.7 Å². The first kappa shape index (κ1) is 17.7. The number of carboxylic acids is 1. The summed E-state index contributed by atoms with van der Waals surface area (Å²) in [4.78, 5) is 22.9. The van der Waals surface area contributed by atoms with E-state index < -0.39 is 11.9 Å². The van der Waals surface area contributed by atoms with E-state index in [9.17, 15) is 9.59 Å². The quantitative estimate of drug-likeness (QED) is 0.737. The number of carbonyl (C=O) groups is 2. The molecule has 0 saturated heterocycles. The molecular formula is C17H21NO6. The third-order valence-corrected chi connectivity index (χ3v) is 4.07. The van der Waals surface area contributed by atoms with Crippen molar-refractivity contribution in [1.82, 2.24) is 5.32 Å². The normalized spacial score (nSPS) is 19.5. The Morgan fingerprint density at radius 3 is 2.33 bits per heavy atom. The number of rotatable bonds is 7. The molecule has 1 aromatic carbocycles. The van der Waals surface area contributed by atoms with Crippen molar-refractivity contribution in [3.05, 3.63) is 23.8 Å². The van der Waals surface area contributed by atoms with Crippen LogP contribution in [0.5, 0.6) is 17.2 Å². The van der Waals surface area contributed by atoms with Crippen LogP contribution in [0.1, 0.15) is 18.4 Å². The molecular weight excluding hydrogens is 314 g/mol. The lowest BCUT2D eigenvalue weighted by Crippen LogP contribution is -2.49. The number of carboxylic acid groups (broad SMARTS) is 1. The number of benzene rings is 1. The molecule has 0 aromatic heterocycles. The second-order valence-corrected chi connectivity index (χ2v) is 5.39. The second-order valence-electron chi connectivity index (χ2n) is 5.39. The van der Waals surface area contributed by atoms with Crippen molar-refractivity contribution in [2.75, 3.05) is 21.3 Å². The van der Waals surface area contributed by atoms with Gasteiger partial charge >= 0.3 is 5.97 Å². The number of ether oxygens (including phenoxy) is 3. The minimum Gasteiger partial charge on any atom is -0.493 e. The van der Waals surface area contributed by atoms with Gasteiger partial charge in [-0.2, -0.15) is 0 Å². The highest BCUT2D eigenvalue weighted by atomic mass is 16.5. The second kappa shape index (κ2) is 7.72. The Morgan fingerprint density at radius 2 is 1.83 bits per heavy atom. The Morgan fingerprint density at radius 1 is 1.12 bits per heavy atom. The third-order valence-electron chi connectivity index (χ3n) is 4.07. The molecule has 2 unspecified atom stereocenters. The van der Waals surface area contributed by atoms with E-state index in [1.165, 1.54) is 27.4 Å². The van der Waals surface area contributed by atoms with Gasteiger partial charge in [0.05, 0.1) is 27.2 Å². The molecule has 7 heteroatoms. The summed E-state index contributed by atoms with van der Waals surface area (Å²) in [6, 6.07) is 3.14. The molecule has 0 radical (unpaired) electrons. The molecule has 1 saturated carbocycles.